The molecule has 126 valence electrons. The number of hydrogen-bond donors (Lipinski definition) is 2. The lowest BCUT2D eigenvalue weighted by Gasteiger charge is -2.44. The predicted molar refractivity (Wildman–Crippen MR) is 86.3 cm³/mol. The van der Waals surface area contributed by atoms with E-state index in [0.29, 0.717) is 12.0 Å². The average molecular weight is 320 g/mol. The molecule has 0 heterocycles. The number of carbonyl (C=O) groups is 3. The zero-order valence-electron chi connectivity index (χ0n) is 14.0. The second kappa shape index (κ2) is 6.94. The fourth-order valence-corrected chi connectivity index (χ4v) is 3.13. The highest BCUT2D eigenvalue weighted by molar-refractivity contribution is 6.17. The minimum Gasteiger partial charge on any atom is -0.480 e. The monoisotopic (exact) mass is 320 g/mol. The molecule has 0 aliphatic carbocycles. The van der Waals surface area contributed by atoms with Crippen molar-refractivity contribution in [3.63, 3.8) is 0 Å². The first-order chi connectivity index (χ1) is 10.6. The summed E-state index contributed by atoms with van der Waals surface area (Å²) in [5.74, 6) is -6.12. The van der Waals surface area contributed by atoms with Crippen LogP contribution in [0, 0.1) is 11.3 Å². The second-order valence-electron chi connectivity index (χ2n) is 6.60. The summed E-state index contributed by atoms with van der Waals surface area (Å²) in [7, 11) is 0. The third kappa shape index (κ3) is 3.44. The Bertz CT molecular complexity index is 577. The van der Waals surface area contributed by atoms with E-state index < -0.39 is 34.5 Å². The predicted octanol–water partition coefficient (Wildman–Crippen LogP) is 3.13. The van der Waals surface area contributed by atoms with Crippen LogP contribution < -0.4 is 0 Å². The van der Waals surface area contributed by atoms with Gasteiger partial charge in [-0.15, -0.1) is 0 Å². The molecule has 1 rings (SSSR count). The normalized spacial score (nSPS) is 14.3. The molecule has 0 aliphatic heterocycles. The Hall–Kier alpha value is -2.17. The van der Waals surface area contributed by atoms with Gasteiger partial charge in [-0.25, -0.2) is 0 Å². The van der Waals surface area contributed by atoms with Crippen molar-refractivity contribution in [2.75, 3.05) is 0 Å². The van der Waals surface area contributed by atoms with Crippen LogP contribution in [0.1, 0.15) is 46.1 Å². The van der Waals surface area contributed by atoms with E-state index in [1.807, 2.05) is 20.8 Å². The molecule has 0 aliphatic rings. The first-order valence-electron chi connectivity index (χ1n) is 7.65. The van der Waals surface area contributed by atoms with Crippen molar-refractivity contribution in [3.8, 4) is 0 Å². The number of Topliss-reactive ketones (excluding diaryl/α,β-unsaturated/α-hetero) is 1. The van der Waals surface area contributed by atoms with Crippen molar-refractivity contribution in [1.29, 1.82) is 0 Å². The van der Waals surface area contributed by atoms with Gasteiger partial charge in [-0.2, -0.15) is 0 Å². The third-order valence-corrected chi connectivity index (χ3v) is 4.83. The van der Waals surface area contributed by atoms with Gasteiger partial charge in [0.15, 0.2) is 5.78 Å². The fraction of sp³-hybridized carbons (Fsp3) is 0.500. The molecule has 0 spiro atoms. The van der Waals surface area contributed by atoms with Crippen molar-refractivity contribution in [2.24, 2.45) is 11.3 Å². The van der Waals surface area contributed by atoms with Crippen LogP contribution in [0.4, 0.5) is 0 Å². The summed E-state index contributed by atoms with van der Waals surface area (Å²) in [5, 5.41) is 18.4. The molecule has 23 heavy (non-hydrogen) atoms. The number of hydrogen-bond acceptors (Lipinski definition) is 3. The molecule has 1 aromatic carbocycles. The van der Waals surface area contributed by atoms with E-state index in [4.69, 9.17) is 0 Å². The van der Waals surface area contributed by atoms with Crippen LogP contribution in [0.2, 0.25) is 0 Å². The van der Waals surface area contributed by atoms with Crippen LogP contribution in [0.15, 0.2) is 30.3 Å². The van der Waals surface area contributed by atoms with Gasteiger partial charge in [0.25, 0.3) is 0 Å². The van der Waals surface area contributed by atoms with Crippen molar-refractivity contribution < 1.29 is 24.6 Å². The molecule has 0 bridgehead atoms. The maximum Gasteiger partial charge on any atom is 0.325 e. The Kier molecular flexibility index (Phi) is 5.70. The molecule has 0 fully saturated rings. The number of carboxylic acid groups (broad SMARTS) is 2. The summed E-state index contributed by atoms with van der Waals surface area (Å²) >= 11 is 0. The Balaban J connectivity index is 3.56. The summed E-state index contributed by atoms with van der Waals surface area (Å²) in [5.41, 5.74) is -1.18. The van der Waals surface area contributed by atoms with Gasteiger partial charge in [-0.3, -0.25) is 14.4 Å². The van der Waals surface area contributed by atoms with Crippen molar-refractivity contribution in [3.05, 3.63) is 35.9 Å². The zero-order valence-corrected chi connectivity index (χ0v) is 14.0. The van der Waals surface area contributed by atoms with Crippen LogP contribution in [0.3, 0.4) is 0 Å². The van der Waals surface area contributed by atoms with Gasteiger partial charge in [0, 0.05) is 0 Å². The molecule has 5 heteroatoms. The van der Waals surface area contributed by atoms with E-state index in [2.05, 4.69) is 0 Å². The lowest BCUT2D eigenvalue weighted by atomic mass is 9.57. The van der Waals surface area contributed by atoms with Crippen LogP contribution in [0.25, 0.3) is 0 Å². The quantitative estimate of drug-likeness (QED) is 0.718. The zero-order chi connectivity index (χ0) is 17.8. The first-order valence-corrected chi connectivity index (χ1v) is 7.65. The molecule has 1 atom stereocenters. The van der Waals surface area contributed by atoms with Crippen LogP contribution in [0.5, 0.6) is 0 Å². The Morgan fingerprint density at radius 2 is 1.48 bits per heavy atom. The average Bonchev–Trinajstić information content (AvgIpc) is 2.46. The molecule has 5 nitrogen and oxygen atoms in total. The van der Waals surface area contributed by atoms with E-state index >= 15 is 0 Å². The second-order valence-corrected chi connectivity index (χ2v) is 6.60. The summed E-state index contributed by atoms with van der Waals surface area (Å²) in [6, 6.07) is 8.82. The number of benzene rings is 1. The lowest BCUT2D eigenvalue weighted by molar-refractivity contribution is -0.160. The molecule has 0 unspecified atom stereocenters. The van der Waals surface area contributed by atoms with E-state index in [1.165, 1.54) is 0 Å². The first kappa shape index (κ1) is 18.9. The minimum absolute atomic E-state index is 0.594. The fourth-order valence-electron chi connectivity index (χ4n) is 3.13. The number of aliphatic carboxylic acids is 2. The number of carbonyl (C=O) groups excluding carboxylic acids is 1. The van der Waals surface area contributed by atoms with E-state index in [-0.39, 0.29) is 0 Å². The van der Waals surface area contributed by atoms with Crippen molar-refractivity contribution in [1.82, 2.24) is 0 Å². The van der Waals surface area contributed by atoms with Gasteiger partial charge in [-0.1, -0.05) is 57.5 Å². The summed E-state index contributed by atoms with van der Waals surface area (Å²) < 4.78 is 0. The Morgan fingerprint density at radius 1 is 1.00 bits per heavy atom. The minimum atomic E-state index is -2.07. The number of rotatable bonds is 8. The van der Waals surface area contributed by atoms with E-state index in [0.717, 1.165) is 6.42 Å². The highest BCUT2D eigenvalue weighted by Crippen LogP contribution is 2.47. The van der Waals surface area contributed by atoms with Gasteiger partial charge in [0.05, 0.1) is 5.41 Å². The van der Waals surface area contributed by atoms with Gasteiger partial charge in [0.2, 0.25) is 5.92 Å². The maximum atomic E-state index is 13.0. The third-order valence-electron chi connectivity index (χ3n) is 4.83. The van der Waals surface area contributed by atoms with Gasteiger partial charge < -0.3 is 10.2 Å². The smallest absolute Gasteiger partial charge is 0.325 e. The molecule has 1 aromatic rings. The Labute approximate surface area is 136 Å². The highest BCUT2D eigenvalue weighted by Gasteiger charge is 2.53. The molecule has 0 saturated carbocycles. The molecule has 0 radical (unpaired) electrons. The number of ketones is 1. The van der Waals surface area contributed by atoms with Crippen LogP contribution in [-0.2, 0) is 19.8 Å². The topological polar surface area (TPSA) is 91.7 Å². The molecule has 0 amide bonds. The molecular weight excluding hydrogens is 296 g/mol. The van der Waals surface area contributed by atoms with E-state index in [9.17, 15) is 24.6 Å². The molecular formula is C18H24O5. The number of carboxylic acids is 2. The van der Waals surface area contributed by atoms with Crippen LogP contribution >= 0.6 is 0 Å². The van der Waals surface area contributed by atoms with Gasteiger partial charge >= 0.3 is 11.9 Å². The van der Waals surface area contributed by atoms with Gasteiger partial charge in [-0.05, 0) is 24.3 Å². The Morgan fingerprint density at radius 3 is 1.87 bits per heavy atom. The van der Waals surface area contributed by atoms with Crippen molar-refractivity contribution >= 4 is 17.7 Å². The summed E-state index contributed by atoms with van der Waals surface area (Å²) in [4.78, 5) is 35.7. The molecule has 0 aromatic heterocycles. The van der Waals surface area contributed by atoms with Gasteiger partial charge in [0.1, 0.15) is 0 Å². The standard InChI is InChI=1S/C18H24O5/c1-5-11-17(2,3)18(4,12-9-7-6-8-10-12)14(19)13(15(20)21)16(22)23/h6-10,13H,5,11H2,1-4H3,(H,20,21)(H,22,23)/t18-/m1/s1. The molecule has 0 saturated heterocycles. The van der Waals surface area contributed by atoms with Crippen molar-refractivity contribution in [2.45, 2.75) is 46.0 Å². The summed E-state index contributed by atoms with van der Waals surface area (Å²) in [6.07, 6.45) is 1.46. The summed E-state index contributed by atoms with van der Waals surface area (Å²) in [6.45, 7) is 7.38. The largest absolute Gasteiger partial charge is 0.480 e. The van der Waals surface area contributed by atoms with Crippen LogP contribution in [-0.4, -0.2) is 27.9 Å². The van der Waals surface area contributed by atoms with E-state index in [1.54, 1.807) is 37.3 Å². The molecule has 2 N–H and O–H groups in total. The SMILES string of the molecule is CCCC(C)(C)[C@@](C)(C(=O)C(C(=O)O)C(=O)O)c1ccccc1. The maximum absolute atomic E-state index is 13.0. The highest BCUT2D eigenvalue weighted by atomic mass is 16.4. The lowest BCUT2D eigenvalue weighted by Crippen LogP contribution is -2.52.